The van der Waals surface area contributed by atoms with Gasteiger partial charge in [0.05, 0.1) is 0 Å². The lowest BCUT2D eigenvalue weighted by Crippen LogP contribution is -2.30. The molecule has 1 heterocycles. The van der Waals surface area contributed by atoms with Crippen LogP contribution in [0.25, 0.3) is 10.8 Å². The van der Waals surface area contributed by atoms with Gasteiger partial charge in [-0.2, -0.15) is 0 Å². The van der Waals surface area contributed by atoms with Gasteiger partial charge < -0.3 is 4.74 Å². The van der Waals surface area contributed by atoms with Crippen LogP contribution in [-0.4, -0.2) is 28.0 Å². The second kappa shape index (κ2) is 7.63. The highest BCUT2D eigenvalue weighted by atomic mass is 32.2. The molecule has 0 aliphatic carbocycles. The predicted molar refractivity (Wildman–Crippen MR) is 99.0 cm³/mol. The Kier molecular flexibility index (Phi) is 5.32. The van der Waals surface area contributed by atoms with Crippen molar-refractivity contribution in [3.8, 4) is 5.75 Å². The van der Waals surface area contributed by atoms with Gasteiger partial charge in [-0.1, -0.05) is 66.4 Å². The van der Waals surface area contributed by atoms with Gasteiger partial charge in [0.2, 0.25) is 5.13 Å². The van der Waals surface area contributed by atoms with Crippen molar-refractivity contribution in [1.82, 2.24) is 10.2 Å². The molecular formula is C17H17N3O2S2. The average Bonchev–Trinajstić information content (AvgIpc) is 3.02. The first-order valence-corrected chi connectivity index (χ1v) is 9.39. The molecule has 0 aliphatic rings. The van der Waals surface area contributed by atoms with E-state index in [-0.39, 0.29) is 5.91 Å². The number of benzene rings is 2. The molecule has 3 aromatic rings. The number of aromatic nitrogens is 2. The summed E-state index contributed by atoms with van der Waals surface area (Å²) in [6.45, 7) is 3.77. The van der Waals surface area contributed by atoms with Gasteiger partial charge in [0, 0.05) is 5.39 Å². The zero-order valence-electron chi connectivity index (χ0n) is 13.4. The number of fused-ring (bicyclic) bond motifs is 1. The lowest BCUT2D eigenvalue weighted by atomic mass is 10.1. The van der Waals surface area contributed by atoms with E-state index in [1.165, 1.54) is 11.3 Å². The van der Waals surface area contributed by atoms with Crippen molar-refractivity contribution >= 4 is 44.9 Å². The van der Waals surface area contributed by atoms with Gasteiger partial charge in [-0.15, -0.1) is 10.2 Å². The Balaban J connectivity index is 1.69. The van der Waals surface area contributed by atoms with Gasteiger partial charge >= 0.3 is 0 Å². The quantitative estimate of drug-likeness (QED) is 0.528. The number of carbonyl (C=O) groups excluding carboxylic acids is 1. The molecule has 0 radical (unpaired) electrons. The topological polar surface area (TPSA) is 64.1 Å². The Morgan fingerprint density at radius 3 is 2.88 bits per heavy atom. The number of carbonyl (C=O) groups is 1. The van der Waals surface area contributed by atoms with Crippen LogP contribution in [0, 0.1) is 0 Å². The summed E-state index contributed by atoms with van der Waals surface area (Å²) < 4.78 is 6.70. The molecule has 0 saturated carbocycles. The van der Waals surface area contributed by atoms with E-state index in [1.54, 1.807) is 18.7 Å². The molecule has 124 valence electrons. The maximum atomic E-state index is 12.3. The van der Waals surface area contributed by atoms with Crippen LogP contribution in [0.1, 0.15) is 13.8 Å². The molecule has 0 bridgehead atoms. The lowest BCUT2D eigenvalue weighted by molar-refractivity contribution is -0.122. The fourth-order valence-corrected chi connectivity index (χ4v) is 3.84. The third kappa shape index (κ3) is 3.85. The number of thioether (sulfide) groups is 1. The molecular weight excluding hydrogens is 342 g/mol. The van der Waals surface area contributed by atoms with Gasteiger partial charge in [-0.05, 0) is 24.1 Å². The van der Waals surface area contributed by atoms with E-state index in [1.807, 2.05) is 49.4 Å². The lowest BCUT2D eigenvalue weighted by Gasteiger charge is -2.15. The van der Waals surface area contributed by atoms with E-state index < -0.39 is 6.10 Å². The molecule has 1 atom stereocenters. The van der Waals surface area contributed by atoms with Crippen LogP contribution in [0.4, 0.5) is 5.13 Å². The van der Waals surface area contributed by atoms with Crippen LogP contribution >= 0.6 is 23.1 Å². The first-order chi connectivity index (χ1) is 11.7. The Bertz CT molecular complexity index is 845. The van der Waals surface area contributed by atoms with Crippen molar-refractivity contribution in [1.29, 1.82) is 0 Å². The minimum atomic E-state index is -0.637. The van der Waals surface area contributed by atoms with Gasteiger partial charge in [0.25, 0.3) is 5.91 Å². The number of nitrogens with zero attached hydrogens (tertiary/aromatic N) is 2. The van der Waals surface area contributed by atoms with Crippen LogP contribution < -0.4 is 10.1 Å². The average molecular weight is 359 g/mol. The van der Waals surface area contributed by atoms with E-state index in [2.05, 4.69) is 15.5 Å². The zero-order chi connectivity index (χ0) is 16.9. The second-order valence-corrected chi connectivity index (χ2v) is 7.52. The normalized spacial score (nSPS) is 12.1. The zero-order valence-corrected chi connectivity index (χ0v) is 15.0. The minimum Gasteiger partial charge on any atom is -0.480 e. The molecule has 24 heavy (non-hydrogen) atoms. The standard InChI is InChI=1S/C17H17N3O2S2/c1-3-23-17-20-19-16(24-17)18-15(21)11(2)22-14-10-6-8-12-7-4-5-9-13(12)14/h4-11H,3H2,1-2H3,(H,18,19,21)/t11-/m1/s1. The van der Waals surface area contributed by atoms with Gasteiger partial charge in [0.15, 0.2) is 10.4 Å². The highest BCUT2D eigenvalue weighted by Crippen LogP contribution is 2.27. The Labute approximate surface area is 148 Å². The third-order valence-electron chi connectivity index (χ3n) is 3.33. The van der Waals surface area contributed by atoms with Gasteiger partial charge in [0.1, 0.15) is 5.75 Å². The Hall–Kier alpha value is -2.12. The summed E-state index contributed by atoms with van der Waals surface area (Å²) in [6.07, 6.45) is -0.637. The molecule has 0 fully saturated rings. The van der Waals surface area contributed by atoms with E-state index in [9.17, 15) is 4.79 Å². The molecule has 1 aromatic heterocycles. The van der Waals surface area contributed by atoms with Crippen molar-refractivity contribution in [2.24, 2.45) is 0 Å². The molecule has 7 heteroatoms. The van der Waals surface area contributed by atoms with Crippen LogP contribution in [0.3, 0.4) is 0 Å². The highest BCUT2D eigenvalue weighted by molar-refractivity contribution is 8.01. The molecule has 0 spiro atoms. The van der Waals surface area contributed by atoms with Crippen LogP contribution in [0.2, 0.25) is 0 Å². The fourth-order valence-electron chi connectivity index (χ4n) is 2.19. The number of ether oxygens (including phenoxy) is 1. The smallest absolute Gasteiger partial charge is 0.266 e. The number of amides is 1. The summed E-state index contributed by atoms with van der Waals surface area (Å²) >= 11 is 2.96. The van der Waals surface area contributed by atoms with Crippen LogP contribution in [0.15, 0.2) is 46.8 Å². The van der Waals surface area contributed by atoms with Crippen LogP contribution in [-0.2, 0) is 4.79 Å². The van der Waals surface area contributed by atoms with Crippen molar-refractivity contribution in [3.63, 3.8) is 0 Å². The van der Waals surface area contributed by atoms with Crippen molar-refractivity contribution < 1.29 is 9.53 Å². The Morgan fingerprint density at radius 2 is 2.04 bits per heavy atom. The maximum Gasteiger partial charge on any atom is 0.266 e. The number of nitrogens with one attached hydrogen (secondary N) is 1. The van der Waals surface area contributed by atoms with Crippen molar-refractivity contribution in [2.75, 3.05) is 11.1 Å². The first kappa shape index (κ1) is 16.7. The number of rotatable bonds is 6. The van der Waals surface area contributed by atoms with Gasteiger partial charge in [-0.25, -0.2) is 0 Å². The molecule has 2 aromatic carbocycles. The highest BCUT2D eigenvalue weighted by Gasteiger charge is 2.18. The summed E-state index contributed by atoms with van der Waals surface area (Å²) in [4.78, 5) is 12.3. The van der Waals surface area contributed by atoms with E-state index in [0.29, 0.717) is 10.9 Å². The summed E-state index contributed by atoms with van der Waals surface area (Å²) in [6, 6.07) is 13.7. The third-order valence-corrected chi connectivity index (χ3v) is 5.18. The molecule has 1 amide bonds. The molecule has 0 saturated heterocycles. The maximum absolute atomic E-state index is 12.3. The summed E-state index contributed by atoms with van der Waals surface area (Å²) in [5, 5.41) is 13.3. The largest absolute Gasteiger partial charge is 0.480 e. The second-order valence-electron chi connectivity index (χ2n) is 5.03. The molecule has 0 unspecified atom stereocenters. The number of hydrogen-bond donors (Lipinski definition) is 1. The number of hydrogen-bond acceptors (Lipinski definition) is 6. The first-order valence-electron chi connectivity index (χ1n) is 7.59. The van der Waals surface area contributed by atoms with E-state index in [0.717, 1.165) is 20.9 Å². The number of anilines is 1. The fraction of sp³-hybridized carbons (Fsp3) is 0.235. The van der Waals surface area contributed by atoms with Crippen LogP contribution in [0.5, 0.6) is 5.75 Å². The van der Waals surface area contributed by atoms with Crippen molar-refractivity contribution in [2.45, 2.75) is 24.3 Å². The minimum absolute atomic E-state index is 0.243. The Morgan fingerprint density at radius 1 is 1.25 bits per heavy atom. The molecule has 5 nitrogen and oxygen atoms in total. The summed E-state index contributed by atoms with van der Waals surface area (Å²) in [5.41, 5.74) is 0. The summed E-state index contributed by atoms with van der Waals surface area (Å²) in [5.74, 6) is 1.37. The van der Waals surface area contributed by atoms with E-state index >= 15 is 0 Å². The predicted octanol–water partition coefficient (Wildman–Crippen LogP) is 4.21. The van der Waals surface area contributed by atoms with E-state index in [4.69, 9.17) is 4.74 Å². The monoisotopic (exact) mass is 359 g/mol. The summed E-state index contributed by atoms with van der Waals surface area (Å²) in [7, 11) is 0. The molecule has 3 rings (SSSR count). The molecule has 1 N–H and O–H groups in total. The van der Waals surface area contributed by atoms with Crippen molar-refractivity contribution in [3.05, 3.63) is 42.5 Å². The SMILES string of the molecule is CCSc1nnc(NC(=O)[C@@H](C)Oc2cccc3ccccc23)s1. The van der Waals surface area contributed by atoms with Gasteiger partial charge in [-0.3, -0.25) is 10.1 Å². The molecule has 0 aliphatic heterocycles.